The lowest BCUT2D eigenvalue weighted by Gasteiger charge is -2.24. The Balaban J connectivity index is 1.69. The quantitative estimate of drug-likeness (QED) is 0.729. The van der Waals surface area contributed by atoms with Gasteiger partial charge in [0.1, 0.15) is 5.82 Å². The number of nitrogens with one attached hydrogen (secondary N) is 1. The number of urea groups is 1. The normalized spacial score (nSPS) is 13.9. The van der Waals surface area contributed by atoms with E-state index in [0.717, 1.165) is 0 Å². The Labute approximate surface area is 167 Å². The third kappa shape index (κ3) is 5.05. The first-order chi connectivity index (χ1) is 13.4. The molecular formula is C19H24FN5O2S. The van der Waals surface area contributed by atoms with Gasteiger partial charge in [-0.25, -0.2) is 14.2 Å². The van der Waals surface area contributed by atoms with Crippen LogP contribution in [0.3, 0.4) is 0 Å². The number of hydrogen-bond acceptors (Lipinski definition) is 5. The number of hydrogen-bond donors (Lipinski definition) is 1. The van der Waals surface area contributed by atoms with Crippen molar-refractivity contribution in [3.05, 3.63) is 46.7 Å². The summed E-state index contributed by atoms with van der Waals surface area (Å²) < 4.78 is 14.0. The molecule has 0 saturated carbocycles. The third-order valence-corrected chi connectivity index (χ3v) is 5.36. The lowest BCUT2D eigenvalue weighted by molar-refractivity contribution is -0.131. The Morgan fingerprint density at radius 3 is 2.79 bits per heavy atom. The standard InChI is InChI=1S/C19H24FN5O2S/c1-23(2)9-10-24(12-14-5-3-4-6-16(14)20)17(26)11-15-13-28-19(22-15)25-8-7-21-18(25)27/h3-6,13H,7-12H2,1-2H3,(H,21,27). The Bertz CT molecular complexity index is 841. The molecule has 2 aromatic rings. The predicted molar refractivity (Wildman–Crippen MR) is 107 cm³/mol. The van der Waals surface area contributed by atoms with E-state index in [9.17, 15) is 14.0 Å². The zero-order chi connectivity index (χ0) is 20.1. The maximum atomic E-state index is 14.0. The van der Waals surface area contributed by atoms with Crippen LogP contribution in [0.1, 0.15) is 11.3 Å². The number of thiazole rings is 1. The number of rotatable bonds is 8. The fourth-order valence-electron chi connectivity index (χ4n) is 2.87. The molecule has 0 radical (unpaired) electrons. The highest BCUT2D eigenvalue weighted by Gasteiger charge is 2.25. The van der Waals surface area contributed by atoms with Gasteiger partial charge in [0.15, 0.2) is 5.13 Å². The van der Waals surface area contributed by atoms with Crippen LogP contribution in [0.4, 0.5) is 14.3 Å². The molecule has 1 aromatic heterocycles. The van der Waals surface area contributed by atoms with Crippen LogP contribution in [0.5, 0.6) is 0 Å². The molecule has 3 amide bonds. The minimum absolute atomic E-state index is 0.118. The van der Waals surface area contributed by atoms with Gasteiger partial charge in [0.05, 0.1) is 12.1 Å². The molecule has 1 fully saturated rings. The van der Waals surface area contributed by atoms with E-state index in [-0.39, 0.29) is 30.7 Å². The summed E-state index contributed by atoms with van der Waals surface area (Å²) >= 11 is 1.34. The fraction of sp³-hybridized carbons (Fsp3) is 0.421. The molecule has 0 unspecified atom stereocenters. The minimum atomic E-state index is -0.318. The molecule has 7 nitrogen and oxygen atoms in total. The van der Waals surface area contributed by atoms with Gasteiger partial charge in [-0.15, -0.1) is 11.3 Å². The van der Waals surface area contributed by atoms with Crippen LogP contribution < -0.4 is 10.2 Å². The molecule has 0 aliphatic carbocycles. The Hall–Kier alpha value is -2.52. The first-order valence-corrected chi connectivity index (χ1v) is 9.97. The van der Waals surface area contributed by atoms with E-state index in [0.29, 0.717) is 42.6 Å². The molecule has 0 bridgehead atoms. The average Bonchev–Trinajstić information content (AvgIpc) is 3.28. The first kappa shape index (κ1) is 20.2. The Morgan fingerprint density at radius 1 is 1.32 bits per heavy atom. The number of likely N-dealkylation sites (N-methyl/N-ethyl adjacent to an activating group) is 1. The van der Waals surface area contributed by atoms with E-state index in [1.165, 1.54) is 17.4 Å². The van der Waals surface area contributed by atoms with Gasteiger partial charge in [0.25, 0.3) is 0 Å². The number of amides is 3. The Kier molecular flexibility index (Phi) is 6.58. The summed E-state index contributed by atoms with van der Waals surface area (Å²) in [5, 5.41) is 5.12. The van der Waals surface area contributed by atoms with Gasteiger partial charge in [-0.2, -0.15) is 0 Å². The van der Waals surface area contributed by atoms with E-state index in [2.05, 4.69) is 10.3 Å². The van der Waals surface area contributed by atoms with E-state index >= 15 is 0 Å². The summed E-state index contributed by atoms with van der Waals surface area (Å²) in [6.07, 6.45) is 0.119. The second kappa shape index (κ2) is 9.11. The molecule has 0 spiro atoms. The number of carbonyl (C=O) groups is 2. The highest BCUT2D eigenvalue weighted by Crippen LogP contribution is 2.22. The minimum Gasteiger partial charge on any atom is -0.337 e. The van der Waals surface area contributed by atoms with Crippen LogP contribution in [0.15, 0.2) is 29.6 Å². The first-order valence-electron chi connectivity index (χ1n) is 9.09. The van der Waals surface area contributed by atoms with Crippen LogP contribution in [0, 0.1) is 5.82 Å². The maximum absolute atomic E-state index is 14.0. The zero-order valence-electron chi connectivity index (χ0n) is 16.0. The molecule has 150 valence electrons. The summed E-state index contributed by atoms with van der Waals surface area (Å²) in [7, 11) is 3.86. The zero-order valence-corrected chi connectivity index (χ0v) is 16.8. The molecule has 1 N–H and O–H groups in total. The Morgan fingerprint density at radius 2 is 2.11 bits per heavy atom. The largest absolute Gasteiger partial charge is 0.337 e. The molecule has 0 atom stereocenters. The van der Waals surface area contributed by atoms with E-state index in [1.54, 1.807) is 33.4 Å². The second-order valence-corrected chi connectivity index (χ2v) is 7.73. The summed E-state index contributed by atoms with van der Waals surface area (Å²) in [4.78, 5) is 34.3. The van der Waals surface area contributed by atoms with Crippen molar-refractivity contribution < 1.29 is 14.0 Å². The summed E-state index contributed by atoms with van der Waals surface area (Å²) in [5.41, 5.74) is 1.11. The average molecular weight is 405 g/mol. The number of halogens is 1. The number of nitrogens with zero attached hydrogens (tertiary/aromatic N) is 4. The molecule has 9 heteroatoms. The fourth-order valence-corrected chi connectivity index (χ4v) is 3.72. The smallest absolute Gasteiger partial charge is 0.323 e. The van der Waals surface area contributed by atoms with Gasteiger partial charge in [-0.05, 0) is 20.2 Å². The van der Waals surface area contributed by atoms with Crippen molar-refractivity contribution in [3.63, 3.8) is 0 Å². The lowest BCUT2D eigenvalue weighted by atomic mass is 10.2. The van der Waals surface area contributed by atoms with Crippen LogP contribution >= 0.6 is 11.3 Å². The highest BCUT2D eigenvalue weighted by atomic mass is 32.1. The van der Waals surface area contributed by atoms with E-state index in [1.807, 2.05) is 19.0 Å². The lowest BCUT2D eigenvalue weighted by Crippen LogP contribution is -2.37. The van der Waals surface area contributed by atoms with Crippen molar-refractivity contribution in [1.29, 1.82) is 0 Å². The van der Waals surface area contributed by atoms with Crippen LogP contribution in [-0.2, 0) is 17.8 Å². The van der Waals surface area contributed by atoms with Gasteiger partial charge in [0, 0.05) is 43.7 Å². The van der Waals surface area contributed by atoms with Crippen LogP contribution in [0.25, 0.3) is 0 Å². The summed E-state index contributed by atoms with van der Waals surface area (Å²) in [6, 6.07) is 6.33. The van der Waals surface area contributed by atoms with Crippen molar-refractivity contribution in [2.45, 2.75) is 13.0 Å². The number of anilines is 1. The molecular weight excluding hydrogens is 381 g/mol. The van der Waals surface area contributed by atoms with Crippen molar-refractivity contribution in [2.75, 3.05) is 45.2 Å². The van der Waals surface area contributed by atoms with Crippen molar-refractivity contribution in [1.82, 2.24) is 20.1 Å². The number of benzene rings is 1. The van der Waals surface area contributed by atoms with Gasteiger partial charge >= 0.3 is 6.03 Å². The van der Waals surface area contributed by atoms with Crippen molar-refractivity contribution in [3.8, 4) is 0 Å². The third-order valence-electron chi connectivity index (χ3n) is 4.45. The SMILES string of the molecule is CN(C)CCN(Cc1ccccc1F)C(=O)Cc1csc(N2CCNC2=O)n1. The molecule has 1 saturated heterocycles. The summed E-state index contributed by atoms with van der Waals surface area (Å²) in [6.45, 7) is 2.54. The van der Waals surface area contributed by atoms with Gasteiger partial charge in [0.2, 0.25) is 5.91 Å². The monoisotopic (exact) mass is 405 g/mol. The molecule has 28 heavy (non-hydrogen) atoms. The van der Waals surface area contributed by atoms with Gasteiger partial charge in [-0.3, -0.25) is 9.69 Å². The molecule has 1 aliphatic rings. The van der Waals surface area contributed by atoms with Gasteiger partial charge < -0.3 is 15.1 Å². The van der Waals surface area contributed by atoms with E-state index in [4.69, 9.17) is 0 Å². The van der Waals surface area contributed by atoms with Crippen LogP contribution in [0.2, 0.25) is 0 Å². The van der Waals surface area contributed by atoms with E-state index < -0.39 is 0 Å². The predicted octanol–water partition coefficient (Wildman–Crippen LogP) is 1.94. The van der Waals surface area contributed by atoms with Crippen molar-refractivity contribution in [2.24, 2.45) is 0 Å². The number of aromatic nitrogens is 1. The maximum Gasteiger partial charge on any atom is 0.323 e. The van der Waals surface area contributed by atoms with Gasteiger partial charge in [-0.1, -0.05) is 18.2 Å². The molecule has 1 aliphatic heterocycles. The second-order valence-electron chi connectivity index (χ2n) is 6.89. The molecule has 2 heterocycles. The van der Waals surface area contributed by atoms with Crippen LogP contribution in [-0.4, -0.2) is 67.0 Å². The summed E-state index contributed by atoms with van der Waals surface area (Å²) in [5.74, 6) is -0.436. The number of carbonyl (C=O) groups excluding carboxylic acids is 2. The topological polar surface area (TPSA) is 68.8 Å². The highest BCUT2D eigenvalue weighted by molar-refractivity contribution is 7.14. The molecule has 3 rings (SSSR count). The van der Waals surface area contributed by atoms with Crippen molar-refractivity contribution >= 4 is 28.4 Å². The molecule has 1 aromatic carbocycles.